The van der Waals surface area contributed by atoms with Gasteiger partial charge in [-0.15, -0.1) is 39.5 Å². The minimum absolute atomic E-state index is 0. The van der Waals surface area contributed by atoms with Crippen LogP contribution in [0.4, 0.5) is 39.5 Å². The predicted octanol–water partition coefficient (Wildman–Crippen LogP) is 0.951. The quantitative estimate of drug-likeness (QED) is 0.343. The Morgan fingerprint density at radius 2 is 0.640 bits per heavy atom. The second-order valence-electron chi connectivity index (χ2n) is 2.20. The standard InChI is InChI=1S/3CHF3O3S.Sm/c3*2-1(3,4)7-8(5)6;/h3*(H,5,6);/q;;;+3/p-3. The van der Waals surface area contributed by atoms with E-state index in [1.165, 1.54) is 0 Å². The SMILES string of the molecule is O=S([O-])OC(F)(F)F.O=S([O-])OC(F)(F)F.O=S([O-])OC(F)(F)F.[Sm+3]. The zero-order chi connectivity index (χ0) is 20.4. The van der Waals surface area contributed by atoms with E-state index in [2.05, 4.69) is 12.5 Å². The van der Waals surface area contributed by atoms with Gasteiger partial charge in [0.2, 0.25) is 0 Å². The second kappa shape index (κ2) is 14.9. The molecule has 0 spiro atoms. The van der Waals surface area contributed by atoms with E-state index in [4.69, 9.17) is 26.3 Å². The van der Waals surface area contributed by atoms with Crippen molar-refractivity contribution in [3.8, 4) is 0 Å². The summed E-state index contributed by atoms with van der Waals surface area (Å²) in [5.74, 6) is 0. The largest absolute Gasteiger partial charge is 3.00 e. The first kappa shape index (κ1) is 33.5. The van der Waals surface area contributed by atoms with Gasteiger partial charge in [0.15, 0.2) is 0 Å². The van der Waals surface area contributed by atoms with Crippen molar-refractivity contribution in [3.05, 3.63) is 0 Å². The first-order chi connectivity index (χ1) is 10.2. The molecule has 0 bridgehead atoms. The summed E-state index contributed by atoms with van der Waals surface area (Å²) >= 11 is -10.5. The third-order valence-electron chi connectivity index (χ3n) is 0.488. The molecule has 153 valence electrons. The Kier molecular flexibility index (Phi) is 20.0. The number of alkyl halides is 9. The molecular formula is C3F9O9S3Sm. The van der Waals surface area contributed by atoms with Gasteiger partial charge in [0, 0.05) is 0 Å². The van der Waals surface area contributed by atoms with Crippen LogP contribution in [0.5, 0.6) is 0 Å². The molecule has 0 aromatic heterocycles. The van der Waals surface area contributed by atoms with Crippen LogP contribution >= 0.6 is 0 Å². The second-order valence-corrected chi connectivity index (χ2v) is 3.92. The molecule has 0 rings (SSSR count). The number of rotatable bonds is 3. The molecule has 1 radical (unpaired) electrons. The molecular weight excluding hydrogens is 598 g/mol. The van der Waals surface area contributed by atoms with Gasteiger partial charge >= 0.3 is 59.5 Å². The van der Waals surface area contributed by atoms with E-state index >= 15 is 0 Å². The number of hydrogen-bond donors (Lipinski definition) is 0. The van der Waals surface area contributed by atoms with Gasteiger partial charge in [-0.1, -0.05) is 0 Å². The zero-order valence-electron chi connectivity index (χ0n) is 10.2. The first-order valence-electron chi connectivity index (χ1n) is 3.81. The van der Waals surface area contributed by atoms with Crippen LogP contribution in [0.2, 0.25) is 0 Å². The van der Waals surface area contributed by atoms with Crippen LogP contribution in [0.3, 0.4) is 0 Å². The van der Waals surface area contributed by atoms with Gasteiger partial charge in [-0.05, 0) is 0 Å². The molecule has 0 aliphatic carbocycles. The van der Waals surface area contributed by atoms with Crippen molar-refractivity contribution in [1.29, 1.82) is 0 Å². The van der Waals surface area contributed by atoms with Crippen LogP contribution in [-0.2, 0) is 46.6 Å². The van der Waals surface area contributed by atoms with E-state index in [1.54, 1.807) is 0 Å². The van der Waals surface area contributed by atoms with E-state index in [9.17, 15) is 39.5 Å². The monoisotopic (exact) mass is 599 g/mol. The van der Waals surface area contributed by atoms with E-state index < -0.39 is 53.2 Å². The number of halogens is 9. The van der Waals surface area contributed by atoms with Gasteiger partial charge in [-0.25, -0.2) is 25.2 Å². The summed E-state index contributed by atoms with van der Waals surface area (Å²) in [6.45, 7) is 0. The van der Waals surface area contributed by atoms with Gasteiger partial charge < -0.3 is 13.7 Å². The van der Waals surface area contributed by atoms with Crippen molar-refractivity contribution in [1.82, 2.24) is 0 Å². The topological polar surface area (TPSA) is 148 Å². The van der Waals surface area contributed by atoms with E-state index in [1.807, 2.05) is 0 Å². The maximum Gasteiger partial charge on any atom is 3.00 e. The third kappa shape index (κ3) is 51.7. The smallest absolute Gasteiger partial charge is 0.750 e. The van der Waals surface area contributed by atoms with Crippen LogP contribution in [-0.4, -0.2) is 45.4 Å². The molecule has 3 atom stereocenters. The Morgan fingerprint density at radius 3 is 0.640 bits per heavy atom. The predicted molar refractivity (Wildman–Crippen MR) is 48.2 cm³/mol. The fourth-order valence-corrected chi connectivity index (χ4v) is 0.694. The molecule has 22 heteroatoms. The Morgan fingerprint density at radius 1 is 0.520 bits per heavy atom. The molecule has 0 fully saturated rings. The van der Waals surface area contributed by atoms with Crippen molar-refractivity contribution >= 4 is 34.1 Å². The molecule has 0 aromatic rings. The Balaban J connectivity index is -0.000000130. The normalized spacial score (nSPS) is 15.4. The molecule has 0 saturated carbocycles. The first-order valence-corrected chi connectivity index (χ1v) is 6.81. The third-order valence-corrected chi connectivity index (χ3v) is 1.46. The Labute approximate surface area is 171 Å². The summed E-state index contributed by atoms with van der Waals surface area (Å²) in [6, 6.07) is 0. The maximum absolute atomic E-state index is 10.7. The molecule has 0 heterocycles. The van der Waals surface area contributed by atoms with Crippen LogP contribution in [0.25, 0.3) is 0 Å². The van der Waals surface area contributed by atoms with Crippen LogP contribution in [0, 0.1) is 40.4 Å². The van der Waals surface area contributed by atoms with Crippen LogP contribution in [0.15, 0.2) is 0 Å². The van der Waals surface area contributed by atoms with Crippen molar-refractivity contribution in [2.75, 3.05) is 0 Å². The van der Waals surface area contributed by atoms with Crippen molar-refractivity contribution in [2.45, 2.75) is 19.1 Å². The minimum atomic E-state index is -5.09. The van der Waals surface area contributed by atoms with Gasteiger partial charge in [0.1, 0.15) is 0 Å². The molecule has 0 saturated heterocycles. The molecule has 3 unspecified atom stereocenters. The number of hydrogen-bond acceptors (Lipinski definition) is 9. The Bertz CT molecular complexity index is 359. The summed E-state index contributed by atoms with van der Waals surface area (Å²) in [6.07, 6.45) is -15.3. The molecule has 0 aliphatic rings. The molecule has 9 nitrogen and oxygen atoms in total. The summed E-state index contributed by atoms with van der Waals surface area (Å²) < 4.78 is 158. The van der Waals surface area contributed by atoms with Crippen molar-refractivity contribution < 1.29 is 119 Å². The minimum Gasteiger partial charge on any atom is -0.750 e. The molecule has 0 aliphatic heterocycles. The molecule has 0 amide bonds. The Hall–Kier alpha value is 0.918. The molecule has 0 aromatic carbocycles. The van der Waals surface area contributed by atoms with Crippen molar-refractivity contribution in [2.24, 2.45) is 0 Å². The van der Waals surface area contributed by atoms with Gasteiger partial charge in [0.05, 0.1) is 34.1 Å². The maximum atomic E-state index is 10.7. The summed E-state index contributed by atoms with van der Waals surface area (Å²) in [7, 11) is 0. The summed E-state index contributed by atoms with van der Waals surface area (Å²) in [5, 5.41) is 0. The van der Waals surface area contributed by atoms with Crippen LogP contribution in [0.1, 0.15) is 0 Å². The summed E-state index contributed by atoms with van der Waals surface area (Å²) in [5.41, 5.74) is 0. The van der Waals surface area contributed by atoms with Crippen LogP contribution < -0.4 is 0 Å². The van der Waals surface area contributed by atoms with E-state index in [0.29, 0.717) is 0 Å². The fourth-order valence-electron chi connectivity index (χ4n) is 0.231. The molecule has 25 heavy (non-hydrogen) atoms. The molecule has 0 N–H and O–H groups in total. The average Bonchev–Trinajstić information content (AvgIpc) is 2.04. The van der Waals surface area contributed by atoms with Gasteiger partial charge in [-0.2, -0.15) is 0 Å². The van der Waals surface area contributed by atoms with E-state index in [-0.39, 0.29) is 40.4 Å². The van der Waals surface area contributed by atoms with E-state index in [0.717, 1.165) is 0 Å². The average molecular weight is 598 g/mol. The van der Waals surface area contributed by atoms with Gasteiger partial charge in [-0.3, -0.25) is 0 Å². The summed E-state index contributed by atoms with van der Waals surface area (Å²) in [4.78, 5) is 0. The zero-order valence-corrected chi connectivity index (χ0v) is 15.3. The van der Waals surface area contributed by atoms with Crippen molar-refractivity contribution in [3.63, 3.8) is 0 Å². The fraction of sp³-hybridized carbons (Fsp3) is 1.00. The van der Waals surface area contributed by atoms with Gasteiger partial charge in [0.25, 0.3) is 0 Å².